The summed E-state index contributed by atoms with van der Waals surface area (Å²) in [7, 11) is -4.28. The van der Waals surface area contributed by atoms with Crippen molar-refractivity contribution >= 4 is 38.0 Å². The van der Waals surface area contributed by atoms with Crippen LogP contribution in [0, 0.1) is 13.8 Å². The number of aliphatic hydroxyl groups is 1. The van der Waals surface area contributed by atoms with Crippen LogP contribution in [0.5, 0.6) is 5.75 Å². The normalized spacial score (nSPS) is 16.2. The number of thiazole rings is 1. The Morgan fingerprint density at radius 2 is 1.86 bits per heavy atom. The molecule has 2 aromatic carbocycles. The van der Waals surface area contributed by atoms with Crippen molar-refractivity contribution < 1.29 is 27.9 Å². The molecule has 8 nitrogen and oxygen atoms in total. The molecule has 1 atom stereocenters. The summed E-state index contributed by atoms with van der Waals surface area (Å²) in [5.41, 5.74) is 1.69. The van der Waals surface area contributed by atoms with Crippen LogP contribution in [0.4, 0.5) is 5.13 Å². The number of rotatable bonds is 7. The number of nitrogens with zero attached hydrogens (tertiary/aromatic N) is 2. The summed E-state index contributed by atoms with van der Waals surface area (Å²) in [5, 5.41) is 11.0. The topological polar surface area (TPSA) is 114 Å². The van der Waals surface area contributed by atoms with E-state index in [9.17, 15) is 23.1 Å². The molecule has 0 bridgehead atoms. The van der Waals surface area contributed by atoms with E-state index in [0.29, 0.717) is 28.5 Å². The molecule has 0 spiro atoms. The lowest BCUT2D eigenvalue weighted by atomic mass is 10.1. The van der Waals surface area contributed by atoms with Crippen LogP contribution in [0.3, 0.4) is 0 Å². The Kier molecular flexibility index (Phi) is 6.52. The number of Topliss-reactive ketones (excluding diaryl/α,β-unsaturated/α-hetero) is 1. The van der Waals surface area contributed by atoms with Crippen molar-refractivity contribution in [2.24, 2.45) is 0 Å². The van der Waals surface area contributed by atoms with Gasteiger partial charge in [0.15, 0.2) is 16.7 Å². The molecular formula is C25H24N2O6S2. The summed E-state index contributed by atoms with van der Waals surface area (Å²) in [4.78, 5) is 30.7. The number of aryl methyl sites for hydroxylation is 2. The zero-order valence-electron chi connectivity index (χ0n) is 19.6. The van der Waals surface area contributed by atoms with Crippen molar-refractivity contribution in [3.63, 3.8) is 0 Å². The van der Waals surface area contributed by atoms with Crippen LogP contribution in [0.1, 0.15) is 46.4 Å². The fourth-order valence-electron chi connectivity index (χ4n) is 3.95. The molecule has 0 radical (unpaired) electrons. The van der Waals surface area contributed by atoms with Crippen LogP contribution in [0.25, 0.3) is 0 Å². The molecule has 182 valence electrons. The molecule has 1 aliphatic rings. The van der Waals surface area contributed by atoms with E-state index in [0.717, 1.165) is 21.8 Å². The smallest absolute Gasteiger partial charge is 0.296 e. The zero-order valence-corrected chi connectivity index (χ0v) is 21.2. The van der Waals surface area contributed by atoms with Crippen molar-refractivity contribution in [2.75, 3.05) is 11.5 Å². The summed E-state index contributed by atoms with van der Waals surface area (Å²) in [6, 6.07) is 11.6. The van der Waals surface area contributed by atoms with Gasteiger partial charge in [0, 0.05) is 6.92 Å². The highest BCUT2D eigenvalue weighted by atomic mass is 32.2. The minimum Gasteiger partial charge on any atom is -0.502 e. The lowest BCUT2D eigenvalue weighted by molar-refractivity contribution is -0.117. The average molecular weight is 513 g/mol. The number of aliphatic hydroxyl groups excluding tert-OH is 1. The molecule has 0 saturated carbocycles. The Labute approximate surface area is 207 Å². The minimum absolute atomic E-state index is 0.0509. The summed E-state index contributed by atoms with van der Waals surface area (Å²) in [5.74, 6) is -1.53. The quantitative estimate of drug-likeness (QED) is 0.457. The number of amides is 1. The number of hydrogen-bond donors (Lipinski definition) is 1. The molecule has 0 saturated heterocycles. The highest BCUT2D eigenvalue weighted by Crippen LogP contribution is 2.46. The second-order valence-electron chi connectivity index (χ2n) is 8.08. The van der Waals surface area contributed by atoms with Crippen LogP contribution in [0.15, 0.2) is 64.1 Å². The number of ketones is 1. The standard InChI is InChI=1S/C25H24N2O6S2/c1-5-33-18-8-6-7-17(13-18)20-23(35(31,32)19-11-9-14(2)10-12-19)21(29)24(30)27(20)25-26-15(3)22(34-25)16(4)28/h6-13,20,29H,5H2,1-4H3/t20-/m1/s1. The fourth-order valence-corrected chi connectivity index (χ4v) is 6.57. The number of sulfone groups is 1. The van der Waals surface area contributed by atoms with Crippen molar-refractivity contribution in [1.29, 1.82) is 0 Å². The van der Waals surface area contributed by atoms with E-state index in [1.807, 2.05) is 13.8 Å². The van der Waals surface area contributed by atoms with E-state index in [2.05, 4.69) is 4.98 Å². The van der Waals surface area contributed by atoms with Crippen molar-refractivity contribution in [3.05, 3.63) is 80.9 Å². The number of anilines is 1. The molecule has 35 heavy (non-hydrogen) atoms. The Bertz CT molecular complexity index is 1460. The Morgan fingerprint density at radius 3 is 2.46 bits per heavy atom. The highest BCUT2D eigenvalue weighted by Gasteiger charge is 2.49. The summed E-state index contributed by atoms with van der Waals surface area (Å²) >= 11 is 0.975. The SMILES string of the molecule is CCOc1cccc([C@@H]2C(S(=O)(=O)c3ccc(C)cc3)=C(O)C(=O)N2c2nc(C)c(C(C)=O)s2)c1. The van der Waals surface area contributed by atoms with Crippen LogP contribution >= 0.6 is 11.3 Å². The molecule has 1 amide bonds. The molecule has 10 heteroatoms. The summed E-state index contributed by atoms with van der Waals surface area (Å²) in [6.45, 7) is 7.06. The number of carbonyl (C=O) groups is 2. The third kappa shape index (κ3) is 4.35. The predicted octanol–water partition coefficient (Wildman–Crippen LogP) is 4.69. The van der Waals surface area contributed by atoms with Crippen molar-refractivity contribution in [3.8, 4) is 5.75 Å². The van der Waals surface area contributed by atoms with Gasteiger partial charge in [-0.3, -0.25) is 14.5 Å². The molecule has 1 aliphatic heterocycles. The molecule has 0 unspecified atom stereocenters. The van der Waals surface area contributed by atoms with Gasteiger partial charge in [0.25, 0.3) is 5.91 Å². The van der Waals surface area contributed by atoms with Gasteiger partial charge in [-0.15, -0.1) is 0 Å². The molecule has 0 fully saturated rings. The van der Waals surface area contributed by atoms with Gasteiger partial charge in [-0.2, -0.15) is 0 Å². The Morgan fingerprint density at radius 1 is 1.17 bits per heavy atom. The maximum atomic E-state index is 13.8. The molecule has 3 aromatic rings. The van der Waals surface area contributed by atoms with Gasteiger partial charge in [0.05, 0.1) is 22.1 Å². The highest BCUT2D eigenvalue weighted by molar-refractivity contribution is 7.95. The average Bonchev–Trinajstić information content (AvgIpc) is 3.32. The van der Waals surface area contributed by atoms with Crippen LogP contribution < -0.4 is 9.64 Å². The number of ether oxygens (including phenoxy) is 1. The fraction of sp³-hybridized carbons (Fsp3) is 0.240. The van der Waals surface area contributed by atoms with Gasteiger partial charge < -0.3 is 9.84 Å². The van der Waals surface area contributed by atoms with Crippen molar-refractivity contribution in [1.82, 2.24) is 4.98 Å². The second kappa shape index (κ2) is 9.27. The molecule has 2 heterocycles. The maximum Gasteiger partial charge on any atom is 0.296 e. The monoisotopic (exact) mass is 512 g/mol. The zero-order chi connectivity index (χ0) is 25.5. The third-order valence-electron chi connectivity index (χ3n) is 5.58. The van der Waals surface area contributed by atoms with E-state index < -0.39 is 32.5 Å². The molecule has 4 rings (SSSR count). The molecule has 1 aromatic heterocycles. The van der Waals surface area contributed by atoms with E-state index in [4.69, 9.17) is 4.74 Å². The third-order valence-corrected chi connectivity index (χ3v) is 8.72. The number of carbonyl (C=O) groups excluding carboxylic acids is 2. The van der Waals surface area contributed by atoms with E-state index >= 15 is 0 Å². The maximum absolute atomic E-state index is 13.8. The van der Waals surface area contributed by atoms with Crippen LogP contribution in [0.2, 0.25) is 0 Å². The lowest BCUT2D eigenvalue weighted by Gasteiger charge is -2.25. The first kappa shape index (κ1) is 24.6. The number of hydrogen-bond acceptors (Lipinski definition) is 8. The van der Waals surface area contributed by atoms with E-state index in [1.54, 1.807) is 43.3 Å². The van der Waals surface area contributed by atoms with Gasteiger partial charge >= 0.3 is 0 Å². The van der Waals surface area contributed by atoms with Gasteiger partial charge in [-0.25, -0.2) is 13.4 Å². The Hall–Kier alpha value is -3.50. The van der Waals surface area contributed by atoms with Crippen LogP contribution in [-0.2, 0) is 14.6 Å². The van der Waals surface area contributed by atoms with Gasteiger partial charge in [0.2, 0.25) is 9.84 Å². The van der Waals surface area contributed by atoms with E-state index in [1.165, 1.54) is 19.1 Å². The van der Waals surface area contributed by atoms with Crippen LogP contribution in [-0.4, -0.2) is 36.8 Å². The first-order chi connectivity index (χ1) is 16.6. The lowest BCUT2D eigenvalue weighted by Crippen LogP contribution is -2.31. The minimum atomic E-state index is -4.28. The first-order valence-corrected chi connectivity index (χ1v) is 13.2. The second-order valence-corrected chi connectivity index (χ2v) is 11.0. The Balaban J connectivity index is 1.95. The van der Waals surface area contributed by atoms with E-state index in [-0.39, 0.29) is 15.8 Å². The summed E-state index contributed by atoms with van der Waals surface area (Å²) in [6.07, 6.45) is 0. The molecule has 0 aliphatic carbocycles. The molecular weight excluding hydrogens is 488 g/mol. The van der Waals surface area contributed by atoms with Gasteiger partial charge in [0.1, 0.15) is 16.7 Å². The largest absolute Gasteiger partial charge is 0.502 e. The number of benzene rings is 2. The van der Waals surface area contributed by atoms with Gasteiger partial charge in [-0.05, 0) is 50.6 Å². The number of aromatic nitrogens is 1. The van der Waals surface area contributed by atoms with Gasteiger partial charge in [-0.1, -0.05) is 41.2 Å². The summed E-state index contributed by atoms with van der Waals surface area (Å²) < 4.78 is 33.1. The predicted molar refractivity (Wildman–Crippen MR) is 133 cm³/mol. The van der Waals surface area contributed by atoms with Crippen molar-refractivity contribution in [2.45, 2.75) is 38.6 Å². The first-order valence-electron chi connectivity index (χ1n) is 10.9. The molecule has 1 N–H and O–H groups in total.